The highest BCUT2D eigenvalue weighted by molar-refractivity contribution is 5.62. The normalized spacial score (nSPS) is 21.1. The van der Waals surface area contributed by atoms with Crippen LogP contribution < -0.4 is 5.11 Å². The smallest absolute Gasteiger partial charge is 0.136 e. The molecule has 1 fully saturated rings. The summed E-state index contributed by atoms with van der Waals surface area (Å²) in [5, 5.41) is 10.3. The largest absolute Gasteiger partial charge is 0.530 e. The number of amides is 1. The number of hydrogen-bond acceptors (Lipinski definition) is 2. The maximum Gasteiger partial charge on any atom is 0.136 e. The van der Waals surface area contributed by atoms with E-state index in [4.69, 9.17) is 0 Å². The van der Waals surface area contributed by atoms with E-state index in [2.05, 4.69) is 6.92 Å². The minimum atomic E-state index is -1.02. The van der Waals surface area contributed by atoms with E-state index < -0.39 is 6.09 Å². The van der Waals surface area contributed by atoms with Crippen LogP contribution in [-0.4, -0.2) is 24.1 Å². The molecule has 1 rings (SSSR count). The maximum absolute atomic E-state index is 10.3. The molecule has 0 bridgehead atoms. The fraction of sp³-hybridized carbons (Fsp3) is 0.857. The molecule has 0 atom stereocenters. The molecule has 0 spiro atoms. The molecule has 58 valence electrons. The van der Waals surface area contributed by atoms with Crippen LogP contribution in [-0.2, 0) is 0 Å². The molecule has 3 nitrogen and oxygen atoms in total. The highest BCUT2D eigenvalue weighted by Crippen LogP contribution is 2.14. The Morgan fingerprint density at radius 3 is 2.40 bits per heavy atom. The van der Waals surface area contributed by atoms with Crippen molar-refractivity contribution < 1.29 is 9.90 Å². The van der Waals surface area contributed by atoms with Crippen LogP contribution in [0.3, 0.4) is 0 Å². The molecule has 0 aromatic carbocycles. The fourth-order valence-corrected chi connectivity index (χ4v) is 1.19. The summed E-state index contributed by atoms with van der Waals surface area (Å²) >= 11 is 0. The van der Waals surface area contributed by atoms with Gasteiger partial charge in [-0.05, 0) is 18.8 Å². The number of rotatable bonds is 0. The first-order valence-electron chi connectivity index (χ1n) is 3.66. The lowest BCUT2D eigenvalue weighted by Gasteiger charge is -2.31. The quantitative estimate of drug-likeness (QED) is 0.480. The topological polar surface area (TPSA) is 43.4 Å². The Morgan fingerprint density at radius 2 is 2.00 bits per heavy atom. The summed E-state index contributed by atoms with van der Waals surface area (Å²) in [6, 6.07) is 0. The molecule has 1 amide bonds. The van der Waals surface area contributed by atoms with Crippen LogP contribution in [0.4, 0.5) is 4.79 Å². The molecule has 1 saturated heterocycles. The molecule has 1 aliphatic heterocycles. The van der Waals surface area contributed by atoms with E-state index in [0.717, 1.165) is 12.8 Å². The van der Waals surface area contributed by atoms with Crippen molar-refractivity contribution in [3.8, 4) is 0 Å². The molecule has 1 heterocycles. The van der Waals surface area contributed by atoms with Gasteiger partial charge in [-0.1, -0.05) is 6.92 Å². The molecular formula is C7H12NO2-. The van der Waals surface area contributed by atoms with E-state index in [1.54, 1.807) is 0 Å². The monoisotopic (exact) mass is 142 g/mol. The van der Waals surface area contributed by atoms with Gasteiger partial charge in [0.1, 0.15) is 6.09 Å². The molecule has 0 unspecified atom stereocenters. The van der Waals surface area contributed by atoms with Gasteiger partial charge in [0.2, 0.25) is 0 Å². The molecule has 0 aromatic rings. The summed E-state index contributed by atoms with van der Waals surface area (Å²) < 4.78 is 0. The van der Waals surface area contributed by atoms with E-state index in [1.165, 1.54) is 4.90 Å². The van der Waals surface area contributed by atoms with Crippen molar-refractivity contribution in [2.75, 3.05) is 13.1 Å². The van der Waals surface area contributed by atoms with Crippen molar-refractivity contribution in [3.63, 3.8) is 0 Å². The summed E-state index contributed by atoms with van der Waals surface area (Å²) in [5.41, 5.74) is 0. The van der Waals surface area contributed by atoms with Crippen molar-refractivity contribution >= 4 is 6.09 Å². The standard InChI is InChI=1S/C7H13NO2/c1-6-2-4-8(5-3-6)7(9)10/h6H,2-5H2,1H3,(H,9,10)/p-1. The van der Waals surface area contributed by atoms with Gasteiger partial charge < -0.3 is 14.8 Å². The third-order valence-electron chi connectivity index (χ3n) is 2.04. The number of piperidine rings is 1. The minimum Gasteiger partial charge on any atom is -0.530 e. The van der Waals surface area contributed by atoms with E-state index in [9.17, 15) is 9.90 Å². The molecule has 0 aromatic heterocycles. The van der Waals surface area contributed by atoms with Crippen LogP contribution in [0.1, 0.15) is 19.8 Å². The van der Waals surface area contributed by atoms with Gasteiger partial charge in [0.05, 0.1) is 0 Å². The molecule has 10 heavy (non-hydrogen) atoms. The fourth-order valence-electron chi connectivity index (χ4n) is 1.19. The van der Waals surface area contributed by atoms with Gasteiger partial charge in [0.15, 0.2) is 0 Å². The van der Waals surface area contributed by atoms with Crippen molar-refractivity contribution in [2.45, 2.75) is 19.8 Å². The van der Waals surface area contributed by atoms with Crippen LogP contribution >= 0.6 is 0 Å². The van der Waals surface area contributed by atoms with Gasteiger partial charge in [-0.25, -0.2) is 0 Å². The third kappa shape index (κ3) is 1.62. The number of carbonyl (C=O) groups excluding carboxylic acids is 1. The zero-order valence-corrected chi connectivity index (χ0v) is 6.17. The Kier molecular flexibility index (Phi) is 2.14. The summed E-state index contributed by atoms with van der Waals surface area (Å²) in [7, 11) is 0. The van der Waals surface area contributed by atoms with Crippen LogP contribution in [0.25, 0.3) is 0 Å². The molecule has 0 saturated carbocycles. The van der Waals surface area contributed by atoms with Crippen molar-refractivity contribution in [1.82, 2.24) is 4.90 Å². The second-order valence-electron chi connectivity index (χ2n) is 2.94. The first-order chi connectivity index (χ1) is 4.70. The van der Waals surface area contributed by atoms with Crippen LogP contribution in [0.15, 0.2) is 0 Å². The Bertz CT molecular complexity index is 128. The highest BCUT2D eigenvalue weighted by atomic mass is 16.4. The van der Waals surface area contributed by atoms with Gasteiger partial charge in [0.25, 0.3) is 0 Å². The molecule has 0 aliphatic carbocycles. The average molecular weight is 142 g/mol. The first kappa shape index (κ1) is 7.38. The molecule has 0 radical (unpaired) electrons. The molecule has 1 aliphatic rings. The SMILES string of the molecule is CC1CCN(C(=O)[O-])CC1. The number of carbonyl (C=O) groups is 1. The van der Waals surface area contributed by atoms with Crippen LogP contribution in [0, 0.1) is 5.92 Å². The van der Waals surface area contributed by atoms with E-state index in [1.807, 2.05) is 0 Å². The second kappa shape index (κ2) is 2.90. The van der Waals surface area contributed by atoms with Crippen LogP contribution in [0.5, 0.6) is 0 Å². The maximum atomic E-state index is 10.3. The summed E-state index contributed by atoms with van der Waals surface area (Å²) in [6.45, 7) is 3.46. The predicted molar refractivity (Wildman–Crippen MR) is 35.4 cm³/mol. The minimum absolute atomic E-state index is 0.656. The van der Waals surface area contributed by atoms with Crippen LogP contribution in [0.2, 0.25) is 0 Å². The molecule has 0 N–H and O–H groups in total. The Labute approximate surface area is 60.6 Å². The average Bonchev–Trinajstić information content (AvgIpc) is 1.88. The summed E-state index contributed by atoms with van der Waals surface area (Å²) in [5.74, 6) is 0.676. The van der Waals surface area contributed by atoms with E-state index >= 15 is 0 Å². The Hall–Kier alpha value is -0.730. The highest BCUT2D eigenvalue weighted by Gasteiger charge is 2.14. The number of nitrogens with zero attached hydrogens (tertiary/aromatic N) is 1. The van der Waals surface area contributed by atoms with Gasteiger partial charge in [-0.2, -0.15) is 0 Å². The number of likely N-dealkylation sites (tertiary alicyclic amines) is 1. The molecule has 3 heteroatoms. The van der Waals surface area contributed by atoms with E-state index in [0.29, 0.717) is 19.0 Å². The van der Waals surface area contributed by atoms with E-state index in [-0.39, 0.29) is 0 Å². The summed E-state index contributed by atoms with van der Waals surface area (Å²) in [4.78, 5) is 11.7. The third-order valence-corrected chi connectivity index (χ3v) is 2.04. The summed E-state index contributed by atoms with van der Waals surface area (Å²) in [6.07, 6.45) is 0.939. The van der Waals surface area contributed by atoms with Crippen molar-refractivity contribution in [3.05, 3.63) is 0 Å². The number of carboxylic acid groups (broad SMARTS) is 1. The number of hydrogen-bond donors (Lipinski definition) is 0. The lowest BCUT2D eigenvalue weighted by Crippen LogP contribution is -2.45. The Balaban J connectivity index is 2.33. The molecular weight excluding hydrogens is 130 g/mol. The first-order valence-corrected chi connectivity index (χ1v) is 3.66. The zero-order chi connectivity index (χ0) is 7.56. The van der Waals surface area contributed by atoms with Gasteiger partial charge >= 0.3 is 0 Å². The lowest BCUT2D eigenvalue weighted by molar-refractivity contribution is -0.266. The van der Waals surface area contributed by atoms with Gasteiger partial charge in [0, 0.05) is 13.1 Å². The van der Waals surface area contributed by atoms with Gasteiger partial charge in [-0.15, -0.1) is 0 Å². The van der Waals surface area contributed by atoms with Crippen molar-refractivity contribution in [2.24, 2.45) is 5.92 Å². The Morgan fingerprint density at radius 1 is 1.50 bits per heavy atom. The van der Waals surface area contributed by atoms with Gasteiger partial charge in [-0.3, -0.25) is 0 Å². The van der Waals surface area contributed by atoms with Crippen molar-refractivity contribution in [1.29, 1.82) is 0 Å². The lowest BCUT2D eigenvalue weighted by atomic mass is 10.00. The predicted octanol–water partition coefficient (Wildman–Crippen LogP) is 0.0616. The second-order valence-corrected chi connectivity index (χ2v) is 2.94. The zero-order valence-electron chi connectivity index (χ0n) is 6.17.